The van der Waals surface area contributed by atoms with Crippen molar-refractivity contribution in [1.82, 2.24) is 0 Å². The van der Waals surface area contributed by atoms with Crippen LogP contribution >= 0.6 is 11.3 Å². The van der Waals surface area contributed by atoms with Crippen molar-refractivity contribution in [1.29, 1.82) is 0 Å². The van der Waals surface area contributed by atoms with Crippen LogP contribution in [0.1, 0.15) is 17.4 Å². The highest BCUT2D eigenvalue weighted by Crippen LogP contribution is 2.31. The molecule has 1 aromatic carbocycles. The van der Waals surface area contributed by atoms with E-state index >= 15 is 0 Å². The van der Waals surface area contributed by atoms with Crippen molar-refractivity contribution in [3.63, 3.8) is 0 Å². The number of ether oxygens (including phenoxy) is 1. The summed E-state index contributed by atoms with van der Waals surface area (Å²) < 4.78 is 5.29. The number of hydrogen-bond acceptors (Lipinski definition) is 4. The van der Waals surface area contributed by atoms with Crippen molar-refractivity contribution in [3.05, 3.63) is 58.3 Å². The van der Waals surface area contributed by atoms with Crippen molar-refractivity contribution in [2.45, 2.75) is 18.8 Å². The third-order valence-corrected chi connectivity index (χ3v) is 4.27. The molecule has 4 heteroatoms. The van der Waals surface area contributed by atoms with Gasteiger partial charge in [-0.2, -0.15) is 0 Å². The standard InChI is InChI=1S/C16H19NO2S/c1-2-19-15(18)16(12-17,11-14-9-6-10-20-14)13-7-4-3-5-8-13/h3-10H,2,11-12,17H2,1H3. The first-order valence-corrected chi connectivity index (χ1v) is 7.56. The van der Waals surface area contributed by atoms with Gasteiger partial charge in [-0.05, 0) is 23.9 Å². The normalized spacial score (nSPS) is 13.7. The zero-order valence-corrected chi connectivity index (χ0v) is 12.4. The fraction of sp³-hybridized carbons (Fsp3) is 0.312. The van der Waals surface area contributed by atoms with E-state index in [4.69, 9.17) is 10.5 Å². The molecule has 106 valence electrons. The number of esters is 1. The average Bonchev–Trinajstić information content (AvgIpc) is 2.99. The number of rotatable bonds is 6. The molecule has 0 aliphatic carbocycles. The molecule has 0 saturated heterocycles. The predicted octanol–water partition coefficient (Wildman–Crippen LogP) is 2.75. The van der Waals surface area contributed by atoms with Gasteiger partial charge in [0.1, 0.15) is 5.41 Å². The van der Waals surface area contributed by atoms with E-state index in [0.29, 0.717) is 13.0 Å². The number of carbonyl (C=O) groups excluding carboxylic acids is 1. The molecule has 2 N–H and O–H groups in total. The number of benzene rings is 1. The lowest BCUT2D eigenvalue weighted by Gasteiger charge is -2.30. The first-order valence-electron chi connectivity index (χ1n) is 6.68. The van der Waals surface area contributed by atoms with Crippen LogP contribution in [0.4, 0.5) is 0 Å². The van der Waals surface area contributed by atoms with E-state index in [1.54, 1.807) is 11.3 Å². The van der Waals surface area contributed by atoms with Crippen LogP contribution in [0.2, 0.25) is 0 Å². The SMILES string of the molecule is CCOC(=O)C(CN)(Cc1cccs1)c1ccccc1. The fourth-order valence-electron chi connectivity index (χ4n) is 2.30. The van der Waals surface area contributed by atoms with Gasteiger partial charge < -0.3 is 10.5 Å². The second-order valence-corrected chi connectivity index (χ2v) is 5.66. The van der Waals surface area contributed by atoms with Gasteiger partial charge in [-0.3, -0.25) is 4.79 Å². The Bertz CT molecular complexity index is 539. The van der Waals surface area contributed by atoms with Gasteiger partial charge in [0.25, 0.3) is 0 Å². The molecule has 0 fully saturated rings. The molecular formula is C16H19NO2S. The minimum absolute atomic E-state index is 0.230. The van der Waals surface area contributed by atoms with Crippen LogP contribution in [-0.2, 0) is 21.4 Å². The first kappa shape index (κ1) is 14.8. The number of nitrogens with two attached hydrogens (primary N) is 1. The Morgan fingerprint density at radius 2 is 2.00 bits per heavy atom. The third kappa shape index (κ3) is 2.92. The summed E-state index contributed by atoms with van der Waals surface area (Å²) in [7, 11) is 0. The van der Waals surface area contributed by atoms with Gasteiger partial charge in [0.15, 0.2) is 0 Å². The van der Waals surface area contributed by atoms with Gasteiger partial charge in [-0.25, -0.2) is 0 Å². The van der Waals surface area contributed by atoms with Crippen molar-refractivity contribution in [3.8, 4) is 0 Å². The van der Waals surface area contributed by atoms with Gasteiger partial charge >= 0.3 is 5.97 Å². The Morgan fingerprint density at radius 1 is 1.25 bits per heavy atom. The van der Waals surface area contributed by atoms with Crippen molar-refractivity contribution >= 4 is 17.3 Å². The van der Waals surface area contributed by atoms with Gasteiger partial charge in [-0.1, -0.05) is 36.4 Å². The van der Waals surface area contributed by atoms with Crippen LogP contribution < -0.4 is 5.73 Å². The minimum atomic E-state index is -0.803. The molecule has 3 nitrogen and oxygen atoms in total. The molecule has 1 unspecified atom stereocenters. The Morgan fingerprint density at radius 3 is 2.55 bits per heavy atom. The summed E-state index contributed by atoms with van der Waals surface area (Å²) in [5.74, 6) is -0.248. The molecule has 1 atom stereocenters. The monoisotopic (exact) mass is 289 g/mol. The van der Waals surface area contributed by atoms with E-state index in [0.717, 1.165) is 10.4 Å². The molecule has 2 aromatic rings. The molecular weight excluding hydrogens is 270 g/mol. The van der Waals surface area contributed by atoms with E-state index in [1.165, 1.54) is 0 Å². The summed E-state index contributed by atoms with van der Waals surface area (Å²) in [6.45, 7) is 2.40. The smallest absolute Gasteiger partial charge is 0.318 e. The highest BCUT2D eigenvalue weighted by Gasteiger charge is 2.40. The van der Waals surface area contributed by atoms with Crippen LogP contribution in [0.5, 0.6) is 0 Å². The molecule has 20 heavy (non-hydrogen) atoms. The topological polar surface area (TPSA) is 52.3 Å². The largest absolute Gasteiger partial charge is 0.465 e. The molecule has 1 aromatic heterocycles. The number of hydrogen-bond donors (Lipinski definition) is 1. The molecule has 0 saturated carbocycles. The van der Waals surface area contributed by atoms with Gasteiger partial charge in [0.05, 0.1) is 6.61 Å². The summed E-state index contributed by atoms with van der Waals surface area (Å²) in [5, 5.41) is 2.01. The Hall–Kier alpha value is -1.65. The lowest BCUT2D eigenvalue weighted by atomic mass is 9.77. The molecule has 0 radical (unpaired) electrons. The van der Waals surface area contributed by atoms with E-state index in [2.05, 4.69) is 0 Å². The lowest BCUT2D eigenvalue weighted by molar-refractivity contribution is -0.149. The van der Waals surface area contributed by atoms with Crippen LogP contribution in [0, 0.1) is 0 Å². The summed E-state index contributed by atoms with van der Waals surface area (Å²) >= 11 is 1.63. The van der Waals surface area contributed by atoms with E-state index < -0.39 is 5.41 Å². The maximum atomic E-state index is 12.5. The van der Waals surface area contributed by atoms with Crippen molar-refractivity contribution < 1.29 is 9.53 Å². The maximum absolute atomic E-state index is 12.5. The van der Waals surface area contributed by atoms with E-state index in [1.807, 2.05) is 54.8 Å². The predicted molar refractivity (Wildman–Crippen MR) is 81.8 cm³/mol. The molecule has 0 bridgehead atoms. The Kier molecular flexibility index (Phi) is 4.93. The van der Waals surface area contributed by atoms with Gasteiger partial charge in [-0.15, -0.1) is 11.3 Å². The van der Waals surface area contributed by atoms with Crippen molar-refractivity contribution in [2.24, 2.45) is 5.73 Å². The molecule has 1 heterocycles. The van der Waals surface area contributed by atoms with Gasteiger partial charge in [0.2, 0.25) is 0 Å². The minimum Gasteiger partial charge on any atom is -0.465 e. The van der Waals surface area contributed by atoms with Crippen molar-refractivity contribution in [2.75, 3.05) is 13.2 Å². The molecule has 2 rings (SSSR count). The Balaban J connectivity index is 2.43. The fourth-order valence-corrected chi connectivity index (χ4v) is 3.12. The maximum Gasteiger partial charge on any atom is 0.318 e. The third-order valence-electron chi connectivity index (χ3n) is 3.40. The summed E-state index contributed by atoms with van der Waals surface area (Å²) in [5.41, 5.74) is 6.10. The second kappa shape index (κ2) is 6.68. The number of thiophene rings is 1. The Labute approximate surface area is 123 Å². The van der Waals surface area contributed by atoms with Crippen LogP contribution in [0.15, 0.2) is 47.8 Å². The molecule has 0 amide bonds. The zero-order chi connectivity index (χ0) is 14.4. The van der Waals surface area contributed by atoms with Crippen LogP contribution in [0.25, 0.3) is 0 Å². The second-order valence-electron chi connectivity index (χ2n) is 4.63. The highest BCUT2D eigenvalue weighted by molar-refractivity contribution is 7.09. The van der Waals surface area contributed by atoms with E-state index in [-0.39, 0.29) is 12.5 Å². The summed E-state index contributed by atoms with van der Waals surface area (Å²) in [4.78, 5) is 13.7. The zero-order valence-electron chi connectivity index (χ0n) is 11.5. The van der Waals surface area contributed by atoms with Crippen LogP contribution in [-0.4, -0.2) is 19.1 Å². The molecule has 0 spiro atoms. The quantitative estimate of drug-likeness (QED) is 0.832. The molecule has 0 aliphatic rings. The number of carbonyl (C=O) groups is 1. The molecule has 0 aliphatic heterocycles. The summed E-state index contributed by atoms with van der Waals surface area (Å²) in [6, 6.07) is 13.7. The van der Waals surface area contributed by atoms with Crippen LogP contribution in [0.3, 0.4) is 0 Å². The lowest BCUT2D eigenvalue weighted by Crippen LogP contribution is -2.46. The van der Waals surface area contributed by atoms with Gasteiger partial charge in [0, 0.05) is 17.8 Å². The highest BCUT2D eigenvalue weighted by atomic mass is 32.1. The van der Waals surface area contributed by atoms with E-state index in [9.17, 15) is 4.79 Å². The first-order chi connectivity index (χ1) is 9.73. The average molecular weight is 289 g/mol. The summed E-state index contributed by atoms with van der Waals surface area (Å²) in [6.07, 6.45) is 0.573.